The summed E-state index contributed by atoms with van der Waals surface area (Å²) in [6.45, 7) is 1.79. The van der Waals surface area contributed by atoms with Crippen LogP contribution in [0.15, 0.2) is 65.3 Å². The van der Waals surface area contributed by atoms with Gasteiger partial charge in [-0.25, -0.2) is 4.98 Å². The molecule has 0 radical (unpaired) electrons. The lowest BCUT2D eigenvalue weighted by atomic mass is 10.3. The highest BCUT2D eigenvalue weighted by Gasteiger charge is 2.23. The molecule has 0 fully saturated rings. The van der Waals surface area contributed by atoms with Gasteiger partial charge in [-0.1, -0.05) is 59.2 Å². The second-order valence-electron chi connectivity index (χ2n) is 6.19. The van der Waals surface area contributed by atoms with Gasteiger partial charge < -0.3 is 5.32 Å². The van der Waals surface area contributed by atoms with Crippen LogP contribution >= 0.6 is 46.3 Å². The molecule has 1 atom stereocenters. The summed E-state index contributed by atoms with van der Waals surface area (Å²) in [4.78, 5) is 17.8. The molecule has 1 unspecified atom stereocenters. The van der Waals surface area contributed by atoms with Crippen LogP contribution in [0.4, 0.5) is 5.82 Å². The van der Waals surface area contributed by atoms with Gasteiger partial charge in [0.2, 0.25) is 5.91 Å². The summed E-state index contributed by atoms with van der Waals surface area (Å²) in [5.41, 5.74) is 0.920. The number of hydrogen-bond acceptors (Lipinski definition) is 6. The molecule has 1 N–H and O–H groups in total. The maximum atomic E-state index is 12.7. The molecule has 0 aliphatic heterocycles. The third-order valence-corrected chi connectivity index (χ3v) is 6.49. The van der Waals surface area contributed by atoms with Crippen molar-refractivity contribution in [3.63, 3.8) is 0 Å². The predicted octanol–water partition coefficient (Wildman–Crippen LogP) is 5.82. The number of para-hydroxylation sites is 1. The first kappa shape index (κ1) is 20.9. The molecule has 0 saturated heterocycles. The Morgan fingerprint density at radius 1 is 1.17 bits per heavy atom. The van der Waals surface area contributed by atoms with Crippen molar-refractivity contribution in [2.75, 3.05) is 5.32 Å². The fourth-order valence-corrected chi connectivity index (χ4v) is 4.65. The zero-order valence-corrected chi connectivity index (χ0v) is 18.8. The van der Waals surface area contributed by atoms with Crippen LogP contribution in [0.3, 0.4) is 0 Å². The van der Waals surface area contributed by atoms with Crippen LogP contribution < -0.4 is 5.32 Å². The Kier molecular flexibility index (Phi) is 6.38. The number of halogens is 2. The number of pyridine rings is 1. The number of amides is 1. The van der Waals surface area contributed by atoms with E-state index in [0.717, 1.165) is 16.4 Å². The minimum absolute atomic E-state index is 0.253. The van der Waals surface area contributed by atoms with Crippen LogP contribution in [0, 0.1) is 0 Å². The summed E-state index contributed by atoms with van der Waals surface area (Å²) >= 11 is 14.9. The van der Waals surface area contributed by atoms with Gasteiger partial charge in [-0.3, -0.25) is 9.36 Å². The standard InChI is InChI=1S/C20H15Cl2N5OS2/c1-12(19(28)24-17-15(22)10-13(21)11-23-17)30-20-26-25-18(16-8-5-9-29-16)27(20)14-6-3-2-4-7-14/h2-12H,1H3,(H,23,24,28). The van der Waals surface area contributed by atoms with Crippen molar-refractivity contribution in [2.45, 2.75) is 17.3 Å². The second kappa shape index (κ2) is 9.18. The first-order chi connectivity index (χ1) is 14.5. The van der Waals surface area contributed by atoms with E-state index >= 15 is 0 Å². The van der Waals surface area contributed by atoms with Gasteiger partial charge in [-0.05, 0) is 36.6 Å². The minimum Gasteiger partial charge on any atom is -0.308 e. The number of thiophene rings is 1. The number of nitrogens with one attached hydrogen (secondary N) is 1. The number of anilines is 1. The molecule has 0 aliphatic carbocycles. The van der Waals surface area contributed by atoms with E-state index in [0.29, 0.717) is 10.2 Å². The summed E-state index contributed by atoms with van der Waals surface area (Å²) in [7, 11) is 0. The highest BCUT2D eigenvalue weighted by Crippen LogP contribution is 2.32. The molecule has 0 bridgehead atoms. The molecule has 0 aliphatic rings. The number of nitrogens with zero attached hydrogens (tertiary/aromatic N) is 4. The Balaban J connectivity index is 1.60. The lowest BCUT2D eigenvalue weighted by molar-refractivity contribution is -0.115. The van der Waals surface area contributed by atoms with Crippen LogP contribution in [-0.2, 0) is 4.79 Å². The fraction of sp³-hybridized carbons (Fsp3) is 0.100. The van der Waals surface area contributed by atoms with Crippen molar-refractivity contribution in [3.05, 3.63) is 70.2 Å². The summed E-state index contributed by atoms with van der Waals surface area (Å²) in [5, 5.41) is 14.3. The topological polar surface area (TPSA) is 72.7 Å². The lowest BCUT2D eigenvalue weighted by Gasteiger charge is -2.14. The molecule has 4 aromatic rings. The van der Waals surface area contributed by atoms with Gasteiger partial charge in [0, 0.05) is 11.9 Å². The number of carbonyl (C=O) groups excluding carboxylic acids is 1. The van der Waals surface area contributed by atoms with E-state index in [9.17, 15) is 4.79 Å². The Bertz CT molecular complexity index is 1170. The van der Waals surface area contributed by atoms with Gasteiger partial charge in [-0.15, -0.1) is 21.5 Å². The van der Waals surface area contributed by atoms with E-state index in [1.54, 1.807) is 18.3 Å². The van der Waals surface area contributed by atoms with Crippen molar-refractivity contribution in [3.8, 4) is 16.4 Å². The average molecular weight is 476 g/mol. The van der Waals surface area contributed by atoms with Crippen molar-refractivity contribution < 1.29 is 4.79 Å². The van der Waals surface area contributed by atoms with Crippen LogP contribution in [0.2, 0.25) is 10.0 Å². The Morgan fingerprint density at radius 2 is 1.97 bits per heavy atom. The zero-order valence-electron chi connectivity index (χ0n) is 15.6. The second-order valence-corrected chi connectivity index (χ2v) is 9.29. The van der Waals surface area contributed by atoms with Crippen LogP contribution in [0.25, 0.3) is 16.4 Å². The SMILES string of the molecule is CC(Sc1nnc(-c2cccs2)n1-c1ccccc1)C(=O)Nc1ncc(Cl)cc1Cl. The number of aromatic nitrogens is 4. The maximum Gasteiger partial charge on any atom is 0.238 e. The molecule has 1 amide bonds. The number of thioether (sulfide) groups is 1. The van der Waals surface area contributed by atoms with Gasteiger partial charge >= 0.3 is 0 Å². The highest BCUT2D eigenvalue weighted by molar-refractivity contribution is 8.00. The number of carbonyl (C=O) groups is 1. The fourth-order valence-electron chi connectivity index (χ4n) is 2.66. The first-order valence-corrected chi connectivity index (χ1v) is 11.4. The van der Waals surface area contributed by atoms with Crippen molar-refractivity contribution in [2.24, 2.45) is 0 Å². The highest BCUT2D eigenvalue weighted by atomic mass is 35.5. The monoisotopic (exact) mass is 475 g/mol. The number of hydrogen-bond donors (Lipinski definition) is 1. The van der Waals surface area contributed by atoms with Gasteiger partial charge in [0.15, 0.2) is 16.8 Å². The number of benzene rings is 1. The van der Waals surface area contributed by atoms with Crippen LogP contribution in [0.5, 0.6) is 0 Å². The molecule has 30 heavy (non-hydrogen) atoms. The molecule has 3 heterocycles. The maximum absolute atomic E-state index is 12.7. The minimum atomic E-state index is -0.471. The molecule has 3 aromatic heterocycles. The molecule has 0 spiro atoms. The quantitative estimate of drug-likeness (QED) is 0.355. The van der Waals surface area contributed by atoms with E-state index in [-0.39, 0.29) is 16.7 Å². The summed E-state index contributed by atoms with van der Waals surface area (Å²) in [6.07, 6.45) is 1.43. The summed E-state index contributed by atoms with van der Waals surface area (Å²) in [5.74, 6) is 0.744. The predicted molar refractivity (Wildman–Crippen MR) is 123 cm³/mol. The first-order valence-electron chi connectivity index (χ1n) is 8.86. The molecule has 0 saturated carbocycles. The lowest BCUT2D eigenvalue weighted by Crippen LogP contribution is -2.23. The van der Waals surface area contributed by atoms with E-state index in [1.165, 1.54) is 24.0 Å². The van der Waals surface area contributed by atoms with Crippen molar-refractivity contribution in [1.29, 1.82) is 0 Å². The Labute approximate surface area is 191 Å². The van der Waals surface area contributed by atoms with Crippen LogP contribution in [0.1, 0.15) is 6.92 Å². The van der Waals surface area contributed by atoms with E-state index < -0.39 is 5.25 Å². The largest absolute Gasteiger partial charge is 0.308 e. The van der Waals surface area contributed by atoms with Gasteiger partial charge in [0.05, 0.1) is 20.2 Å². The van der Waals surface area contributed by atoms with Crippen LogP contribution in [-0.4, -0.2) is 30.9 Å². The van der Waals surface area contributed by atoms with Gasteiger partial charge in [0.1, 0.15) is 0 Å². The van der Waals surface area contributed by atoms with Gasteiger partial charge in [-0.2, -0.15) is 0 Å². The Morgan fingerprint density at radius 3 is 2.67 bits per heavy atom. The molecular formula is C20H15Cl2N5OS2. The van der Waals surface area contributed by atoms with E-state index in [1.807, 2.05) is 52.4 Å². The molecule has 6 nitrogen and oxygen atoms in total. The summed E-state index contributed by atoms with van der Waals surface area (Å²) < 4.78 is 1.95. The molecular weight excluding hydrogens is 461 g/mol. The Hall–Kier alpha value is -2.39. The molecule has 152 valence electrons. The smallest absolute Gasteiger partial charge is 0.238 e. The van der Waals surface area contributed by atoms with E-state index in [4.69, 9.17) is 23.2 Å². The third kappa shape index (κ3) is 4.52. The molecule has 4 rings (SSSR count). The van der Waals surface area contributed by atoms with E-state index in [2.05, 4.69) is 20.5 Å². The van der Waals surface area contributed by atoms with Crippen molar-refractivity contribution in [1.82, 2.24) is 19.7 Å². The molecule has 10 heteroatoms. The molecule has 1 aromatic carbocycles. The zero-order chi connectivity index (χ0) is 21.1. The van der Waals surface area contributed by atoms with Gasteiger partial charge in [0.25, 0.3) is 0 Å². The average Bonchev–Trinajstić information content (AvgIpc) is 3.40. The number of rotatable bonds is 6. The third-order valence-electron chi connectivity index (χ3n) is 4.09. The normalized spacial score (nSPS) is 12.0. The van der Waals surface area contributed by atoms with Crippen molar-refractivity contribution >= 4 is 58.0 Å². The summed E-state index contributed by atoms with van der Waals surface area (Å²) in [6, 6.07) is 15.3.